The van der Waals surface area contributed by atoms with Crippen molar-refractivity contribution in [2.24, 2.45) is 0 Å². The van der Waals surface area contributed by atoms with Gasteiger partial charge < -0.3 is 19.4 Å². The van der Waals surface area contributed by atoms with Crippen LogP contribution in [0.3, 0.4) is 0 Å². The Morgan fingerprint density at radius 3 is 2.67 bits per heavy atom. The van der Waals surface area contributed by atoms with Crippen LogP contribution in [0.1, 0.15) is 46.8 Å². The zero-order valence-electron chi connectivity index (χ0n) is 18.0. The lowest BCUT2D eigenvalue weighted by Gasteiger charge is -2.36. The van der Waals surface area contributed by atoms with E-state index in [2.05, 4.69) is 9.88 Å². The summed E-state index contributed by atoms with van der Waals surface area (Å²) in [5, 5.41) is 22.9. The molecule has 7 nitrogen and oxygen atoms in total. The zero-order chi connectivity index (χ0) is 23.1. The molecular formula is C25H23FN2O5. The van der Waals surface area contributed by atoms with Gasteiger partial charge in [0.1, 0.15) is 28.9 Å². The van der Waals surface area contributed by atoms with Crippen molar-refractivity contribution in [3.63, 3.8) is 0 Å². The molecule has 0 saturated carbocycles. The van der Waals surface area contributed by atoms with Gasteiger partial charge in [-0.05, 0) is 61.8 Å². The van der Waals surface area contributed by atoms with Crippen LogP contribution in [0.15, 0.2) is 47.2 Å². The first-order chi connectivity index (χ1) is 16.0. The molecule has 8 heteroatoms. The Morgan fingerprint density at radius 1 is 1.18 bits per heavy atom. The van der Waals surface area contributed by atoms with Crippen molar-refractivity contribution in [1.82, 2.24) is 9.88 Å². The van der Waals surface area contributed by atoms with E-state index in [1.54, 1.807) is 24.3 Å². The van der Waals surface area contributed by atoms with Crippen LogP contribution in [0.5, 0.6) is 11.5 Å². The van der Waals surface area contributed by atoms with Crippen LogP contribution < -0.4 is 4.74 Å². The van der Waals surface area contributed by atoms with Gasteiger partial charge >= 0.3 is 5.97 Å². The van der Waals surface area contributed by atoms with Crippen molar-refractivity contribution in [2.45, 2.75) is 25.3 Å². The fraction of sp³-hybridized carbons (Fsp3) is 0.280. The number of aromatic carboxylic acids is 1. The van der Waals surface area contributed by atoms with Gasteiger partial charge in [0.25, 0.3) is 0 Å². The van der Waals surface area contributed by atoms with Gasteiger partial charge in [-0.25, -0.2) is 9.78 Å². The van der Waals surface area contributed by atoms with E-state index in [4.69, 9.17) is 9.15 Å². The minimum atomic E-state index is -1.17. The number of hydrogen-bond acceptors (Lipinski definition) is 6. The van der Waals surface area contributed by atoms with Gasteiger partial charge in [-0.3, -0.25) is 4.90 Å². The van der Waals surface area contributed by atoms with Crippen LogP contribution in [0.4, 0.5) is 4.39 Å². The van der Waals surface area contributed by atoms with Gasteiger partial charge in [-0.1, -0.05) is 6.42 Å². The Hall–Kier alpha value is -3.65. The topological polar surface area (TPSA) is 96.0 Å². The summed E-state index contributed by atoms with van der Waals surface area (Å²) in [6.45, 7) is 1.46. The molecule has 0 radical (unpaired) electrons. The molecule has 0 bridgehead atoms. The van der Waals surface area contributed by atoms with Crippen LogP contribution in [0.25, 0.3) is 21.7 Å². The summed E-state index contributed by atoms with van der Waals surface area (Å²) >= 11 is 0. The van der Waals surface area contributed by atoms with Crippen LogP contribution >= 0.6 is 0 Å². The summed E-state index contributed by atoms with van der Waals surface area (Å²) < 4.78 is 25.3. The molecule has 2 N–H and O–H groups in total. The average molecular weight is 450 g/mol. The first-order valence-corrected chi connectivity index (χ1v) is 10.8. The number of carbonyl (C=O) groups is 1. The fourth-order valence-corrected chi connectivity index (χ4v) is 4.88. The molecule has 1 aliphatic rings. The van der Waals surface area contributed by atoms with Crippen LogP contribution in [-0.4, -0.2) is 46.3 Å². The molecule has 1 unspecified atom stereocenters. The highest BCUT2D eigenvalue weighted by atomic mass is 19.1. The Kier molecular flexibility index (Phi) is 5.38. The van der Waals surface area contributed by atoms with Crippen molar-refractivity contribution in [3.8, 4) is 11.5 Å². The normalized spacial score (nSPS) is 15.7. The number of fused-ring (bicyclic) bond motifs is 3. The van der Waals surface area contributed by atoms with Gasteiger partial charge in [-0.15, -0.1) is 0 Å². The van der Waals surface area contributed by atoms with E-state index in [9.17, 15) is 19.4 Å². The summed E-state index contributed by atoms with van der Waals surface area (Å²) in [6.07, 6.45) is 5.56. The minimum absolute atomic E-state index is 0.0513. The lowest BCUT2D eigenvalue weighted by molar-refractivity contribution is 0.0698. The SMILES string of the molecule is COc1ccc2c(c1)c(O)c(C(c1ccnc(F)c1)N1CCCCC1)c1c(C(=O)O)coc12. The highest BCUT2D eigenvalue weighted by Gasteiger charge is 2.33. The van der Waals surface area contributed by atoms with Crippen molar-refractivity contribution < 1.29 is 28.6 Å². The number of hydrogen-bond donors (Lipinski definition) is 2. The predicted molar refractivity (Wildman–Crippen MR) is 120 cm³/mol. The number of pyridine rings is 1. The summed E-state index contributed by atoms with van der Waals surface area (Å²) in [5.74, 6) is -1.34. The maximum Gasteiger partial charge on any atom is 0.339 e. The molecule has 3 heterocycles. The molecule has 2 aromatic heterocycles. The van der Waals surface area contributed by atoms with Gasteiger partial charge in [-0.2, -0.15) is 4.39 Å². The molecule has 0 spiro atoms. The molecule has 5 rings (SSSR count). The number of phenols is 1. The summed E-state index contributed by atoms with van der Waals surface area (Å²) in [4.78, 5) is 17.9. The molecule has 4 aromatic rings. The fourth-order valence-electron chi connectivity index (χ4n) is 4.88. The van der Waals surface area contributed by atoms with E-state index < -0.39 is 18.0 Å². The van der Waals surface area contributed by atoms with E-state index >= 15 is 0 Å². The van der Waals surface area contributed by atoms with Crippen LogP contribution in [0.2, 0.25) is 0 Å². The zero-order valence-corrected chi connectivity index (χ0v) is 18.0. The Labute approximate surface area is 189 Å². The molecule has 1 saturated heterocycles. The molecule has 33 heavy (non-hydrogen) atoms. The minimum Gasteiger partial charge on any atom is -0.507 e. The van der Waals surface area contributed by atoms with Crippen molar-refractivity contribution in [1.29, 1.82) is 0 Å². The summed E-state index contributed by atoms with van der Waals surface area (Å²) in [5.41, 5.74) is 1.27. The van der Waals surface area contributed by atoms with E-state index in [-0.39, 0.29) is 11.3 Å². The van der Waals surface area contributed by atoms with Crippen LogP contribution in [-0.2, 0) is 0 Å². The second-order valence-corrected chi connectivity index (χ2v) is 8.24. The van der Waals surface area contributed by atoms with Crippen molar-refractivity contribution in [3.05, 3.63) is 65.4 Å². The summed E-state index contributed by atoms with van der Waals surface area (Å²) in [7, 11) is 1.53. The monoisotopic (exact) mass is 450 g/mol. The maximum absolute atomic E-state index is 14.2. The molecule has 1 atom stereocenters. The Bertz CT molecular complexity index is 1360. The lowest BCUT2D eigenvalue weighted by Crippen LogP contribution is -2.34. The van der Waals surface area contributed by atoms with E-state index in [0.29, 0.717) is 38.6 Å². The number of benzene rings is 2. The molecule has 170 valence electrons. The third-order valence-electron chi connectivity index (χ3n) is 6.37. The highest BCUT2D eigenvalue weighted by molar-refractivity contribution is 6.16. The number of ether oxygens (including phenoxy) is 1. The number of likely N-dealkylation sites (tertiary alicyclic amines) is 1. The second-order valence-electron chi connectivity index (χ2n) is 8.24. The number of methoxy groups -OCH3 is 1. The van der Waals surface area contributed by atoms with Gasteiger partial charge in [0.05, 0.1) is 13.2 Å². The smallest absolute Gasteiger partial charge is 0.339 e. The Balaban J connectivity index is 1.90. The number of nitrogens with zero attached hydrogens (tertiary/aromatic N) is 2. The Morgan fingerprint density at radius 2 is 1.97 bits per heavy atom. The molecule has 2 aromatic carbocycles. The maximum atomic E-state index is 14.2. The molecule has 1 aliphatic heterocycles. The third-order valence-corrected chi connectivity index (χ3v) is 6.37. The quantitative estimate of drug-likeness (QED) is 0.408. The first-order valence-electron chi connectivity index (χ1n) is 10.8. The van der Waals surface area contributed by atoms with E-state index in [1.165, 1.54) is 25.6 Å². The first kappa shape index (κ1) is 21.2. The number of phenolic OH excluding ortho intramolecular Hbond substituents is 1. The molecule has 0 aliphatic carbocycles. The second kappa shape index (κ2) is 8.37. The number of piperidine rings is 1. The van der Waals surface area contributed by atoms with Crippen molar-refractivity contribution >= 4 is 27.7 Å². The largest absolute Gasteiger partial charge is 0.507 e. The number of carboxylic acid groups (broad SMARTS) is 1. The number of aromatic hydroxyl groups is 1. The number of rotatable bonds is 5. The standard InChI is InChI=1S/C25H23FN2O5/c1-32-15-5-6-16-17(12-15)23(29)21(20-18(25(30)31)13-33-24(16)20)22(28-9-3-2-4-10-28)14-7-8-27-19(26)11-14/h5-8,11-13,22,29H,2-4,9-10H2,1H3,(H,30,31). The van der Waals surface area contributed by atoms with E-state index in [1.807, 2.05) is 0 Å². The number of halogens is 1. The molecular weight excluding hydrogens is 427 g/mol. The predicted octanol–water partition coefficient (Wildman–Crippen LogP) is 5.11. The van der Waals surface area contributed by atoms with E-state index in [0.717, 1.165) is 32.4 Å². The molecule has 0 amide bonds. The van der Waals surface area contributed by atoms with Crippen LogP contribution in [0, 0.1) is 5.95 Å². The third kappa shape index (κ3) is 3.56. The van der Waals surface area contributed by atoms with Gasteiger partial charge in [0.15, 0.2) is 0 Å². The highest BCUT2D eigenvalue weighted by Crippen LogP contribution is 2.47. The van der Waals surface area contributed by atoms with Gasteiger partial charge in [0, 0.05) is 27.9 Å². The number of aromatic nitrogens is 1. The summed E-state index contributed by atoms with van der Waals surface area (Å²) in [6, 6.07) is 7.60. The number of furan rings is 1. The average Bonchev–Trinajstić information content (AvgIpc) is 3.27. The van der Waals surface area contributed by atoms with Gasteiger partial charge in [0.2, 0.25) is 5.95 Å². The number of carboxylic acids is 1. The lowest BCUT2D eigenvalue weighted by atomic mass is 9.88. The molecule has 1 fully saturated rings. The van der Waals surface area contributed by atoms with Crippen molar-refractivity contribution in [2.75, 3.05) is 20.2 Å².